The van der Waals surface area contributed by atoms with Crippen molar-refractivity contribution in [2.45, 2.75) is 6.54 Å². The molecule has 3 aromatic rings. The van der Waals surface area contributed by atoms with Gasteiger partial charge >= 0.3 is 10.3 Å². The molecule has 0 bridgehead atoms. The van der Waals surface area contributed by atoms with Crippen LogP contribution in [-0.4, -0.2) is 41.7 Å². The number of nitriles is 1. The molecule has 0 saturated carbocycles. The van der Waals surface area contributed by atoms with E-state index in [4.69, 9.17) is 9.44 Å². The maximum Gasteiger partial charge on any atom is 0.384 e. The van der Waals surface area contributed by atoms with Crippen molar-refractivity contribution < 1.29 is 12.6 Å². The number of aromatic nitrogens is 3. The van der Waals surface area contributed by atoms with Crippen molar-refractivity contribution in [3.8, 4) is 11.8 Å². The van der Waals surface area contributed by atoms with Gasteiger partial charge in [0.1, 0.15) is 18.4 Å². The molecule has 0 aliphatic heterocycles. The highest BCUT2D eigenvalue weighted by Crippen LogP contribution is 2.21. The van der Waals surface area contributed by atoms with Gasteiger partial charge in [-0.3, -0.25) is 5.01 Å². The van der Waals surface area contributed by atoms with Gasteiger partial charge in [-0.15, -0.1) is 10.2 Å². The van der Waals surface area contributed by atoms with E-state index in [-0.39, 0.29) is 5.75 Å². The molecule has 1 aromatic heterocycles. The Morgan fingerprint density at radius 1 is 1.04 bits per heavy atom. The van der Waals surface area contributed by atoms with E-state index in [2.05, 4.69) is 16.3 Å². The minimum atomic E-state index is -3.80. The molecule has 10 heteroatoms. The lowest BCUT2D eigenvalue weighted by Crippen LogP contribution is -2.28. The van der Waals surface area contributed by atoms with E-state index in [0.717, 1.165) is 15.6 Å². The summed E-state index contributed by atoms with van der Waals surface area (Å²) >= 11 is 0. The van der Waals surface area contributed by atoms with Crippen molar-refractivity contribution in [1.29, 1.82) is 5.26 Å². The van der Waals surface area contributed by atoms with Crippen LogP contribution < -0.4 is 9.19 Å². The number of rotatable bonds is 7. The number of hydrogen-bond acceptors (Lipinski definition) is 7. The Labute approximate surface area is 163 Å². The van der Waals surface area contributed by atoms with Gasteiger partial charge in [-0.25, -0.2) is 4.68 Å². The van der Waals surface area contributed by atoms with Crippen LogP contribution in [0, 0.1) is 11.3 Å². The summed E-state index contributed by atoms with van der Waals surface area (Å²) in [5.41, 5.74) is 2.32. The first-order valence-electron chi connectivity index (χ1n) is 8.22. The fourth-order valence-electron chi connectivity index (χ4n) is 2.35. The van der Waals surface area contributed by atoms with Gasteiger partial charge < -0.3 is 4.18 Å². The summed E-state index contributed by atoms with van der Waals surface area (Å²) in [4.78, 5) is 0. The number of benzene rings is 2. The third-order valence-electron chi connectivity index (χ3n) is 3.88. The predicted octanol–water partition coefficient (Wildman–Crippen LogP) is 1.80. The third kappa shape index (κ3) is 4.46. The van der Waals surface area contributed by atoms with Gasteiger partial charge in [0, 0.05) is 14.1 Å². The molecule has 28 heavy (non-hydrogen) atoms. The van der Waals surface area contributed by atoms with Crippen LogP contribution in [0.4, 0.5) is 5.69 Å². The highest BCUT2D eigenvalue weighted by molar-refractivity contribution is 7.84. The summed E-state index contributed by atoms with van der Waals surface area (Å²) in [5.74, 6) is 0.228. The van der Waals surface area contributed by atoms with Gasteiger partial charge in [-0.05, 0) is 42.0 Å². The van der Waals surface area contributed by atoms with Gasteiger partial charge in [-0.1, -0.05) is 12.1 Å². The van der Waals surface area contributed by atoms with Gasteiger partial charge in [0.2, 0.25) is 0 Å². The molecule has 144 valence electrons. The predicted molar refractivity (Wildman–Crippen MR) is 102 cm³/mol. The normalized spacial score (nSPS) is 11.2. The summed E-state index contributed by atoms with van der Waals surface area (Å²) in [6.45, 7) is 0.463. The first kappa shape index (κ1) is 19.3. The van der Waals surface area contributed by atoms with Gasteiger partial charge in [0.05, 0.1) is 23.9 Å². The van der Waals surface area contributed by atoms with E-state index in [1.54, 1.807) is 53.7 Å². The summed E-state index contributed by atoms with van der Waals surface area (Å²) < 4.78 is 31.4. The fraction of sp³-hybridized carbons (Fsp3) is 0.167. The second-order valence-corrected chi connectivity index (χ2v) is 7.78. The van der Waals surface area contributed by atoms with E-state index in [1.807, 2.05) is 17.1 Å². The molecule has 0 N–H and O–H groups in total. The Bertz CT molecular complexity index is 1060. The second-order valence-electron chi connectivity index (χ2n) is 6.03. The van der Waals surface area contributed by atoms with Crippen LogP contribution in [0.15, 0.2) is 61.2 Å². The summed E-state index contributed by atoms with van der Waals surface area (Å²) in [7, 11) is -0.994. The van der Waals surface area contributed by atoms with E-state index >= 15 is 0 Å². The van der Waals surface area contributed by atoms with Crippen LogP contribution in [0.2, 0.25) is 0 Å². The van der Waals surface area contributed by atoms with Crippen molar-refractivity contribution in [3.63, 3.8) is 0 Å². The average molecular weight is 398 g/mol. The Balaban J connectivity index is 1.82. The number of nitrogens with zero attached hydrogens (tertiary/aromatic N) is 6. The van der Waals surface area contributed by atoms with Crippen LogP contribution in [0.25, 0.3) is 0 Å². The third-order valence-corrected chi connectivity index (χ3v) is 5.18. The lowest BCUT2D eigenvalue weighted by Gasteiger charge is -2.25. The highest BCUT2D eigenvalue weighted by Gasteiger charge is 2.16. The zero-order chi connectivity index (χ0) is 20.1. The lowest BCUT2D eigenvalue weighted by molar-refractivity contribution is 0.421. The molecule has 0 unspecified atom stereocenters. The summed E-state index contributed by atoms with van der Waals surface area (Å²) in [5, 5.41) is 18.6. The lowest BCUT2D eigenvalue weighted by atomic mass is 10.2. The molecule has 0 aliphatic carbocycles. The summed E-state index contributed by atoms with van der Waals surface area (Å²) in [6.07, 6.45) is 3.14. The first-order chi connectivity index (χ1) is 13.4. The van der Waals surface area contributed by atoms with Crippen molar-refractivity contribution in [1.82, 2.24) is 19.2 Å². The van der Waals surface area contributed by atoms with Gasteiger partial charge in [0.15, 0.2) is 0 Å². The molecule has 0 spiro atoms. The van der Waals surface area contributed by atoms with E-state index in [9.17, 15) is 8.42 Å². The van der Waals surface area contributed by atoms with E-state index in [1.165, 1.54) is 14.1 Å². The Morgan fingerprint density at radius 2 is 1.64 bits per heavy atom. The van der Waals surface area contributed by atoms with Gasteiger partial charge in [-0.2, -0.15) is 18.0 Å². The number of anilines is 1. The average Bonchev–Trinajstić information content (AvgIpc) is 3.21. The quantitative estimate of drug-likeness (QED) is 0.598. The van der Waals surface area contributed by atoms with Crippen LogP contribution in [0.3, 0.4) is 0 Å². The van der Waals surface area contributed by atoms with Gasteiger partial charge in [0.25, 0.3) is 0 Å². The SMILES string of the molecule is CN(C)S(=O)(=O)Oc1ccc(CN(c2ccc(C#N)cc2)n2cnnc2)cc1. The van der Waals surface area contributed by atoms with Crippen molar-refractivity contribution in [3.05, 3.63) is 72.3 Å². The summed E-state index contributed by atoms with van der Waals surface area (Å²) in [6, 6.07) is 16.0. The van der Waals surface area contributed by atoms with Crippen LogP contribution in [0.5, 0.6) is 5.75 Å². The van der Waals surface area contributed by atoms with Crippen molar-refractivity contribution in [2.24, 2.45) is 0 Å². The Hall–Kier alpha value is -3.42. The minimum absolute atomic E-state index is 0.228. The zero-order valence-corrected chi connectivity index (χ0v) is 16.1. The van der Waals surface area contributed by atoms with Crippen molar-refractivity contribution >= 4 is 16.0 Å². The standard InChI is InChI=1S/C18H18N6O3S/c1-22(2)28(25,26)27-18-9-5-16(6-10-18)12-24(23-13-20-21-14-23)17-7-3-15(11-19)4-8-17/h3-10,13-14H,12H2,1-2H3. The maximum atomic E-state index is 11.8. The number of hydrogen-bond donors (Lipinski definition) is 0. The molecule has 0 saturated heterocycles. The Morgan fingerprint density at radius 3 is 2.18 bits per heavy atom. The minimum Gasteiger partial charge on any atom is -0.371 e. The monoisotopic (exact) mass is 398 g/mol. The molecular weight excluding hydrogens is 380 g/mol. The molecule has 0 amide bonds. The second kappa shape index (κ2) is 8.08. The molecule has 9 nitrogen and oxygen atoms in total. The maximum absolute atomic E-state index is 11.8. The first-order valence-corrected chi connectivity index (χ1v) is 9.59. The topological polar surface area (TPSA) is 104 Å². The van der Waals surface area contributed by atoms with Crippen LogP contribution in [0.1, 0.15) is 11.1 Å². The van der Waals surface area contributed by atoms with E-state index < -0.39 is 10.3 Å². The largest absolute Gasteiger partial charge is 0.384 e. The highest BCUT2D eigenvalue weighted by atomic mass is 32.2. The smallest absolute Gasteiger partial charge is 0.371 e. The molecule has 3 rings (SSSR count). The zero-order valence-electron chi connectivity index (χ0n) is 15.3. The Kier molecular flexibility index (Phi) is 5.58. The molecule has 0 aliphatic rings. The molecule has 0 fully saturated rings. The molecule has 0 radical (unpaired) electrons. The van der Waals surface area contributed by atoms with Crippen LogP contribution >= 0.6 is 0 Å². The van der Waals surface area contributed by atoms with Crippen molar-refractivity contribution in [2.75, 3.05) is 19.1 Å². The van der Waals surface area contributed by atoms with Crippen LogP contribution in [-0.2, 0) is 16.8 Å². The fourth-order valence-corrected chi connectivity index (χ4v) is 2.86. The molecular formula is C18H18N6O3S. The van der Waals surface area contributed by atoms with E-state index in [0.29, 0.717) is 12.1 Å². The molecule has 0 atom stereocenters. The molecule has 1 heterocycles. The molecule has 2 aromatic carbocycles.